The van der Waals surface area contributed by atoms with Gasteiger partial charge in [0.2, 0.25) is 0 Å². The first-order valence-electron chi connectivity index (χ1n) is 4.60. The minimum absolute atomic E-state index is 0.0123. The minimum atomic E-state index is -0.965. The van der Waals surface area contributed by atoms with Crippen LogP contribution in [0, 0.1) is 11.6 Å². The molecule has 0 spiro atoms. The van der Waals surface area contributed by atoms with E-state index in [1.165, 1.54) is 18.3 Å². The van der Waals surface area contributed by atoms with Gasteiger partial charge < -0.3 is 5.32 Å². The molecular formula is C11H6BrClF2N2. The maximum absolute atomic E-state index is 13.4. The predicted molar refractivity (Wildman–Crippen MR) is 66.6 cm³/mol. The Morgan fingerprint density at radius 2 is 2.06 bits per heavy atom. The third-order valence-electron chi connectivity index (χ3n) is 2.01. The van der Waals surface area contributed by atoms with Gasteiger partial charge in [-0.1, -0.05) is 17.7 Å². The number of hydrogen-bond acceptors (Lipinski definition) is 2. The van der Waals surface area contributed by atoms with Crippen molar-refractivity contribution in [1.29, 1.82) is 0 Å². The molecule has 0 saturated heterocycles. The van der Waals surface area contributed by atoms with E-state index in [1.54, 1.807) is 6.07 Å². The number of benzene rings is 1. The van der Waals surface area contributed by atoms with Gasteiger partial charge in [-0.05, 0) is 34.1 Å². The molecule has 0 unspecified atom stereocenters. The summed E-state index contributed by atoms with van der Waals surface area (Å²) in [6.45, 7) is 0. The van der Waals surface area contributed by atoms with Gasteiger partial charge in [-0.15, -0.1) is 0 Å². The Bertz CT molecular complexity index is 563. The van der Waals surface area contributed by atoms with Crippen LogP contribution in [0.3, 0.4) is 0 Å². The molecule has 1 N–H and O–H groups in total. The molecule has 88 valence electrons. The van der Waals surface area contributed by atoms with Crippen LogP contribution in [0.2, 0.25) is 5.02 Å². The van der Waals surface area contributed by atoms with E-state index in [0.717, 1.165) is 6.07 Å². The third-order valence-corrected chi connectivity index (χ3v) is 2.73. The fraction of sp³-hybridized carbons (Fsp3) is 0. The zero-order chi connectivity index (χ0) is 12.4. The van der Waals surface area contributed by atoms with Crippen molar-refractivity contribution in [3.63, 3.8) is 0 Å². The van der Waals surface area contributed by atoms with E-state index in [2.05, 4.69) is 26.2 Å². The quantitative estimate of drug-likeness (QED) is 0.880. The number of aromatic nitrogens is 1. The first-order chi connectivity index (χ1) is 8.08. The second kappa shape index (κ2) is 4.98. The fourth-order valence-corrected chi connectivity index (χ4v) is 1.91. The number of rotatable bonds is 2. The van der Waals surface area contributed by atoms with Crippen molar-refractivity contribution in [3.8, 4) is 0 Å². The number of hydrogen-bond donors (Lipinski definition) is 1. The molecule has 1 aromatic carbocycles. The molecule has 2 rings (SSSR count). The van der Waals surface area contributed by atoms with Crippen LogP contribution in [-0.2, 0) is 0 Å². The van der Waals surface area contributed by atoms with Crippen LogP contribution in [0.15, 0.2) is 34.9 Å². The highest BCUT2D eigenvalue weighted by molar-refractivity contribution is 9.10. The van der Waals surface area contributed by atoms with Crippen molar-refractivity contribution in [1.82, 2.24) is 4.98 Å². The van der Waals surface area contributed by atoms with Gasteiger partial charge in [0, 0.05) is 10.7 Å². The van der Waals surface area contributed by atoms with Crippen molar-refractivity contribution >= 4 is 39.0 Å². The maximum atomic E-state index is 13.4. The van der Waals surface area contributed by atoms with Crippen LogP contribution < -0.4 is 5.32 Å². The summed E-state index contributed by atoms with van der Waals surface area (Å²) in [5.41, 5.74) is -0.0123. The molecule has 0 aliphatic carbocycles. The lowest BCUT2D eigenvalue weighted by molar-refractivity contribution is 0.511. The molecule has 0 fully saturated rings. The highest BCUT2D eigenvalue weighted by Crippen LogP contribution is 2.27. The summed E-state index contributed by atoms with van der Waals surface area (Å²) >= 11 is 9.10. The summed E-state index contributed by atoms with van der Waals surface area (Å²) in [7, 11) is 0. The molecular weight excluding hydrogens is 313 g/mol. The van der Waals surface area contributed by atoms with Crippen LogP contribution in [0.1, 0.15) is 0 Å². The summed E-state index contributed by atoms with van der Waals surface area (Å²) in [4.78, 5) is 3.96. The van der Waals surface area contributed by atoms with Crippen molar-refractivity contribution < 1.29 is 8.78 Å². The Balaban J connectivity index is 2.35. The monoisotopic (exact) mass is 318 g/mol. The summed E-state index contributed by atoms with van der Waals surface area (Å²) < 4.78 is 27.1. The Hall–Kier alpha value is -1.20. The SMILES string of the molecule is Fc1cccc(Nc2ncc(Br)cc2Cl)c1F. The van der Waals surface area contributed by atoms with Gasteiger partial charge >= 0.3 is 0 Å². The van der Waals surface area contributed by atoms with Gasteiger partial charge in [0.25, 0.3) is 0 Å². The number of nitrogens with zero attached hydrogens (tertiary/aromatic N) is 1. The van der Waals surface area contributed by atoms with Crippen molar-refractivity contribution in [2.45, 2.75) is 0 Å². The second-order valence-electron chi connectivity index (χ2n) is 3.21. The van der Waals surface area contributed by atoms with E-state index in [0.29, 0.717) is 9.50 Å². The summed E-state index contributed by atoms with van der Waals surface area (Å²) in [6.07, 6.45) is 1.51. The normalized spacial score (nSPS) is 10.4. The molecule has 0 radical (unpaired) electrons. The number of pyridine rings is 1. The molecule has 2 aromatic rings. The van der Waals surface area contributed by atoms with Gasteiger partial charge in [-0.25, -0.2) is 13.8 Å². The summed E-state index contributed by atoms with van der Waals surface area (Å²) in [5, 5.41) is 2.94. The van der Waals surface area contributed by atoms with Gasteiger partial charge in [-0.3, -0.25) is 0 Å². The van der Waals surface area contributed by atoms with E-state index in [4.69, 9.17) is 11.6 Å². The lowest BCUT2D eigenvalue weighted by Gasteiger charge is -2.08. The first kappa shape index (κ1) is 12.3. The largest absolute Gasteiger partial charge is 0.337 e. The Kier molecular flexibility index (Phi) is 3.59. The first-order valence-corrected chi connectivity index (χ1v) is 5.77. The van der Waals surface area contributed by atoms with E-state index in [1.807, 2.05) is 0 Å². The van der Waals surface area contributed by atoms with E-state index < -0.39 is 11.6 Å². The van der Waals surface area contributed by atoms with Gasteiger partial charge in [0.1, 0.15) is 5.82 Å². The van der Waals surface area contributed by atoms with Crippen molar-refractivity contribution in [2.24, 2.45) is 0 Å². The number of anilines is 2. The fourth-order valence-electron chi connectivity index (χ4n) is 1.23. The van der Waals surface area contributed by atoms with Gasteiger partial charge in [0.15, 0.2) is 11.6 Å². The number of nitrogens with one attached hydrogen (secondary N) is 1. The number of halogens is 4. The third kappa shape index (κ3) is 2.73. The molecule has 17 heavy (non-hydrogen) atoms. The second-order valence-corrected chi connectivity index (χ2v) is 4.53. The molecule has 6 heteroatoms. The van der Waals surface area contributed by atoms with Crippen LogP contribution >= 0.6 is 27.5 Å². The average Bonchev–Trinajstić information content (AvgIpc) is 2.28. The minimum Gasteiger partial charge on any atom is -0.337 e. The van der Waals surface area contributed by atoms with Crippen LogP contribution in [-0.4, -0.2) is 4.98 Å². The standard InChI is InChI=1S/C11H6BrClF2N2/c12-6-4-7(13)11(16-5-6)17-9-3-1-2-8(14)10(9)15/h1-5H,(H,16,17). The average molecular weight is 320 g/mol. The molecule has 2 nitrogen and oxygen atoms in total. The maximum Gasteiger partial charge on any atom is 0.182 e. The van der Waals surface area contributed by atoms with Crippen LogP contribution in [0.25, 0.3) is 0 Å². The summed E-state index contributed by atoms with van der Waals surface area (Å²) in [6, 6.07) is 5.44. The molecule has 1 heterocycles. The van der Waals surface area contributed by atoms with Crippen molar-refractivity contribution in [3.05, 3.63) is 51.6 Å². The molecule has 0 atom stereocenters. The Morgan fingerprint density at radius 1 is 1.29 bits per heavy atom. The Morgan fingerprint density at radius 3 is 2.76 bits per heavy atom. The summed E-state index contributed by atoms with van der Waals surface area (Å²) in [5.74, 6) is -1.63. The van der Waals surface area contributed by atoms with Crippen LogP contribution in [0.4, 0.5) is 20.3 Å². The van der Waals surface area contributed by atoms with E-state index in [9.17, 15) is 8.78 Å². The van der Waals surface area contributed by atoms with Gasteiger partial charge in [0.05, 0.1) is 10.7 Å². The molecule has 1 aromatic heterocycles. The highest BCUT2D eigenvalue weighted by atomic mass is 79.9. The lowest BCUT2D eigenvalue weighted by atomic mass is 10.3. The zero-order valence-corrected chi connectivity index (χ0v) is 10.7. The topological polar surface area (TPSA) is 24.9 Å². The lowest BCUT2D eigenvalue weighted by Crippen LogP contribution is -1.98. The molecule has 0 aliphatic heterocycles. The molecule has 0 saturated carbocycles. The van der Waals surface area contributed by atoms with E-state index >= 15 is 0 Å². The smallest absolute Gasteiger partial charge is 0.182 e. The zero-order valence-electron chi connectivity index (χ0n) is 8.35. The van der Waals surface area contributed by atoms with Crippen LogP contribution in [0.5, 0.6) is 0 Å². The molecule has 0 amide bonds. The van der Waals surface area contributed by atoms with Crippen molar-refractivity contribution in [2.75, 3.05) is 5.32 Å². The molecule has 0 aliphatic rings. The predicted octanol–water partition coefficient (Wildman–Crippen LogP) is 4.52. The Labute approximate surface area is 110 Å². The van der Waals surface area contributed by atoms with Gasteiger partial charge in [-0.2, -0.15) is 0 Å². The van der Waals surface area contributed by atoms with E-state index in [-0.39, 0.29) is 11.5 Å². The molecule has 0 bridgehead atoms. The highest BCUT2D eigenvalue weighted by Gasteiger charge is 2.10.